The molecule has 1 saturated carbocycles. The number of nitrogens with zero attached hydrogens (tertiary/aromatic N) is 1. The van der Waals surface area contributed by atoms with Crippen LogP contribution in [0.5, 0.6) is 0 Å². The third kappa shape index (κ3) is 4.05. The Hall–Kier alpha value is 0.0700. The molecule has 2 aliphatic rings. The van der Waals surface area contributed by atoms with Gasteiger partial charge < -0.3 is 10.2 Å². The highest BCUT2D eigenvalue weighted by atomic mass is 35.5. The summed E-state index contributed by atoms with van der Waals surface area (Å²) in [5.41, 5.74) is 0.370. The van der Waals surface area contributed by atoms with Crippen LogP contribution in [0.15, 0.2) is 0 Å². The summed E-state index contributed by atoms with van der Waals surface area (Å²) in [5.74, 6) is 3.05. The molecule has 1 heterocycles. The van der Waals surface area contributed by atoms with Gasteiger partial charge in [-0.15, -0.1) is 12.4 Å². The second-order valence-corrected chi connectivity index (χ2v) is 7.55. The zero-order valence-electron chi connectivity index (χ0n) is 13.0. The van der Waals surface area contributed by atoms with Crippen LogP contribution < -0.4 is 5.32 Å². The van der Waals surface area contributed by atoms with Crippen molar-refractivity contribution in [1.82, 2.24) is 10.2 Å². The average molecular weight is 321 g/mol. The molecule has 1 aliphatic heterocycles. The Balaban J connectivity index is 0.00000200. The lowest BCUT2D eigenvalue weighted by Gasteiger charge is -2.28. The van der Waals surface area contributed by atoms with Crippen LogP contribution in [0.1, 0.15) is 39.5 Å². The molecule has 1 amide bonds. The molecule has 3 nitrogen and oxygen atoms in total. The topological polar surface area (TPSA) is 32.3 Å². The van der Waals surface area contributed by atoms with E-state index in [1.807, 2.05) is 23.7 Å². The van der Waals surface area contributed by atoms with Gasteiger partial charge in [-0.1, -0.05) is 6.92 Å². The van der Waals surface area contributed by atoms with Gasteiger partial charge in [0.05, 0.1) is 0 Å². The van der Waals surface area contributed by atoms with E-state index in [2.05, 4.69) is 19.2 Å². The molecule has 0 bridgehead atoms. The minimum atomic E-state index is 0. The molecule has 1 aliphatic carbocycles. The molecule has 0 aromatic heterocycles. The van der Waals surface area contributed by atoms with E-state index in [1.165, 1.54) is 18.6 Å². The van der Waals surface area contributed by atoms with E-state index in [0.717, 1.165) is 31.7 Å². The maximum Gasteiger partial charge on any atom is 0.226 e. The number of carbonyl (C=O) groups is 1. The van der Waals surface area contributed by atoms with Gasteiger partial charge in [0.25, 0.3) is 0 Å². The highest BCUT2D eigenvalue weighted by molar-refractivity contribution is 7.99. The van der Waals surface area contributed by atoms with E-state index in [0.29, 0.717) is 23.3 Å². The van der Waals surface area contributed by atoms with Gasteiger partial charge in [0, 0.05) is 19.0 Å². The van der Waals surface area contributed by atoms with E-state index in [9.17, 15) is 4.79 Å². The van der Waals surface area contributed by atoms with Crippen molar-refractivity contribution >= 4 is 30.1 Å². The first kappa shape index (κ1) is 18.1. The van der Waals surface area contributed by atoms with Crippen LogP contribution in [0.2, 0.25) is 0 Å². The van der Waals surface area contributed by atoms with Crippen molar-refractivity contribution in [3.63, 3.8) is 0 Å². The quantitative estimate of drug-likeness (QED) is 0.764. The van der Waals surface area contributed by atoms with Crippen molar-refractivity contribution in [1.29, 1.82) is 0 Å². The summed E-state index contributed by atoms with van der Waals surface area (Å²) in [6, 6.07) is 0.380. The fourth-order valence-electron chi connectivity index (χ4n) is 3.23. The number of nitrogens with one attached hydrogen (secondary N) is 1. The first-order valence-corrected chi connectivity index (χ1v) is 8.81. The predicted molar refractivity (Wildman–Crippen MR) is 89.7 cm³/mol. The van der Waals surface area contributed by atoms with E-state index < -0.39 is 0 Å². The number of thioether (sulfide) groups is 1. The van der Waals surface area contributed by atoms with Crippen LogP contribution in [0.25, 0.3) is 0 Å². The van der Waals surface area contributed by atoms with Crippen molar-refractivity contribution in [2.75, 3.05) is 31.6 Å². The first-order chi connectivity index (χ1) is 9.10. The molecule has 0 aromatic rings. The summed E-state index contributed by atoms with van der Waals surface area (Å²) in [7, 11) is 2.00. The zero-order chi connectivity index (χ0) is 13.9. The molecule has 2 fully saturated rings. The molecule has 1 spiro atoms. The normalized spacial score (nSPS) is 24.9. The van der Waals surface area contributed by atoms with Gasteiger partial charge in [0.2, 0.25) is 5.91 Å². The Bertz CT molecular complexity index is 321. The van der Waals surface area contributed by atoms with Gasteiger partial charge in [0.1, 0.15) is 0 Å². The van der Waals surface area contributed by atoms with Crippen LogP contribution in [0.4, 0.5) is 0 Å². The summed E-state index contributed by atoms with van der Waals surface area (Å²) in [6.45, 7) is 6.56. The van der Waals surface area contributed by atoms with Gasteiger partial charge in [-0.3, -0.25) is 4.79 Å². The molecule has 0 radical (unpaired) electrons. The van der Waals surface area contributed by atoms with Crippen LogP contribution in [0.3, 0.4) is 0 Å². The number of amides is 1. The number of halogens is 1. The molecule has 118 valence electrons. The minimum Gasteiger partial charge on any atom is -0.343 e. The largest absolute Gasteiger partial charge is 0.343 e. The molecule has 20 heavy (non-hydrogen) atoms. The van der Waals surface area contributed by atoms with Crippen molar-refractivity contribution in [2.24, 2.45) is 11.3 Å². The summed E-state index contributed by atoms with van der Waals surface area (Å²) < 4.78 is 0. The van der Waals surface area contributed by atoms with Gasteiger partial charge in [0.15, 0.2) is 0 Å². The van der Waals surface area contributed by atoms with Gasteiger partial charge >= 0.3 is 0 Å². The Morgan fingerprint density at radius 3 is 2.70 bits per heavy atom. The molecule has 0 aromatic carbocycles. The number of carbonyl (C=O) groups excluding carboxylic acids is 1. The van der Waals surface area contributed by atoms with Crippen molar-refractivity contribution in [3.05, 3.63) is 0 Å². The Morgan fingerprint density at radius 2 is 2.10 bits per heavy atom. The molecule has 2 atom stereocenters. The Morgan fingerprint density at radius 1 is 1.45 bits per heavy atom. The van der Waals surface area contributed by atoms with Gasteiger partial charge in [-0.05, 0) is 62.6 Å². The second kappa shape index (κ2) is 7.90. The fourth-order valence-corrected chi connectivity index (χ4v) is 4.03. The molecule has 5 heteroatoms. The van der Waals surface area contributed by atoms with E-state index in [-0.39, 0.29) is 12.4 Å². The lowest BCUT2D eigenvalue weighted by molar-refractivity contribution is -0.134. The van der Waals surface area contributed by atoms with E-state index in [1.54, 1.807) is 0 Å². The first-order valence-electron chi connectivity index (χ1n) is 7.66. The smallest absolute Gasteiger partial charge is 0.226 e. The molecule has 2 rings (SSSR count). The monoisotopic (exact) mass is 320 g/mol. The summed E-state index contributed by atoms with van der Waals surface area (Å²) in [4.78, 5) is 14.6. The highest BCUT2D eigenvalue weighted by Gasteiger charge is 2.58. The predicted octanol–water partition coefficient (Wildman–Crippen LogP) is 2.79. The number of hydrogen-bond donors (Lipinski definition) is 1. The zero-order valence-corrected chi connectivity index (χ0v) is 14.6. The highest BCUT2D eigenvalue weighted by Crippen LogP contribution is 2.59. The van der Waals surface area contributed by atoms with Crippen molar-refractivity contribution in [2.45, 2.75) is 45.6 Å². The maximum atomic E-state index is 12.6. The third-order valence-electron chi connectivity index (χ3n) is 4.98. The molecule has 1 N–H and O–H groups in total. The number of hydrogen-bond acceptors (Lipinski definition) is 3. The van der Waals surface area contributed by atoms with Crippen molar-refractivity contribution < 1.29 is 4.79 Å². The van der Waals surface area contributed by atoms with Crippen LogP contribution in [-0.4, -0.2) is 48.5 Å². The van der Waals surface area contributed by atoms with Crippen LogP contribution in [0, 0.1) is 11.3 Å². The molecular weight excluding hydrogens is 292 g/mol. The van der Waals surface area contributed by atoms with Crippen LogP contribution in [-0.2, 0) is 4.79 Å². The Labute approximate surface area is 134 Å². The van der Waals surface area contributed by atoms with Gasteiger partial charge in [-0.25, -0.2) is 0 Å². The van der Waals surface area contributed by atoms with Crippen molar-refractivity contribution in [3.8, 4) is 0 Å². The summed E-state index contributed by atoms with van der Waals surface area (Å²) >= 11 is 1.96. The third-order valence-corrected chi connectivity index (χ3v) is 5.91. The maximum absolute atomic E-state index is 12.6. The molecular formula is C15H29ClN2OS. The second-order valence-electron chi connectivity index (χ2n) is 6.15. The summed E-state index contributed by atoms with van der Waals surface area (Å²) in [6.07, 6.45) is 4.63. The SMILES string of the molecule is CCSCCC(C)N(C)C(=O)C1CC12CCNCC2.Cl. The Kier molecular flexibility index (Phi) is 7.16. The standard InChI is InChI=1S/C15H28N2OS.ClH/c1-4-19-10-5-12(2)17(3)14(18)13-11-15(13)6-8-16-9-7-15;/h12-13,16H,4-11H2,1-3H3;1H. The minimum absolute atomic E-state index is 0. The number of rotatable bonds is 6. The molecule has 1 saturated heterocycles. The summed E-state index contributed by atoms with van der Waals surface area (Å²) in [5, 5.41) is 3.40. The van der Waals surface area contributed by atoms with Crippen LogP contribution >= 0.6 is 24.2 Å². The van der Waals surface area contributed by atoms with Gasteiger partial charge in [-0.2, -0.15) is 11.8 Å². The lowest BCUT2D eigenvalue weighted by Crippen LogP contribution is -2.39. The fraction of sp³-hybridized carbons (Fsp3) is 0.933. The lowest BCUT2D eigenvalue weighted by atomic mass is 9.91. The molecule has 2 unspecified atom stereocenters. The van der Waals surface area contributed by atoms with E-state index >= 15 is 0 Å². The van der Waals surface area contributed by atoms with E-state index in [4.69, 9.17) is 0 Å². The average Bonchev–Trinajstić information content (AvgIpc) is 3.11. The number of piperidine rings is 1.